The number of amidine groups is 1. The normalized spacial score (nSPS) is 16.7. The SMILES string of the molecule is CSC(=N)NC1N=C(c2ccccc2)c2ccccc2NC1=O. The Bertz CT molecular complexity index is 773. The van der Waals surface area contributed by atoms with Crippen molar-refractivity contribution in [3.8, 4) is 0 Å². The number of benzene rings is 2. The monoisotopic (exact) mass is 324 g/mol. The van der Waals surface area contributed by atoms with Crippen molar-refractivity contribution in [2.24, 2.45) is 4.99 Å². The number of hydrogen-bond donors (Lipinski definition) is 3. The van der Waals surface area contributed by atoms with Crippen LogP contribution in [0.3, 0.4) is 0 Å². The van der Waals surface area contributed by atoms with E-state index >= 15 is 0 Å². The molecule has 0 saturated heterocycles. The van der Waals surface area contributed by atoms with Gasteiger partial charge in [-0.25, -0.2) is 4.99 Å². The van der Waals surface area contributed by atoms with Gasteiger partial charge in [0.15, 0.2) is 5.17 Å². The Labute approximate surface area is 138 Å². The first-order valence-corrected chi connectivity index (χ1v) is 8.34. The summed E-state index contributed by atoms with van der Waals surface area (Å²) in [7, 11) is 0. The molecule has 0 aliphatic carbocycles. The van der Waals surface area contributed by atoms with Crippen LogP contribution in [-0.4, -0.2) is 29.2 Å². The van der Waals surface area contributed by atoms with E-state index in [0.717, 1.165) is 22.5 Å². The van der Waals surface area contributed by atoms with Crippen LogP contribution in [0.1, 0.15) is 11.1 Å². The third kappa shape index (κ3) is 3.27. The van der Waals surface area contributed by atoms with E-state index in [1.807, 2.05) is 54.6 Å². The van der Waals surface area contributed by atoms with E-state index in [0.29, 0.717) is 0 Å². The van der Waals surface area contributed by atoms with Gasteiger partial charge in [0, 0.05) is 11.1 Å². The fourth-order valence-corrected chi connectivity index (χ4v) is 2.59. The van der Waals surface area contributed by atoms with Gasteiger partial charge in [0.05, 0.1) is 11.4 Å². The van der Waals surface area contributed by atoms with Gasteiger partial charge in [-0.1, -0.05) is 60.3 Å². The molecular formula is C17H16N4OS. The van der Waals surface area contributed by atoms with E-state index in [4.69, 9.17) is 5.41 Å². The molecule has 0 spiro atoms. The average Bonchev–Trinajstić information content (AvgIpc) is 2.72. The second-order valence-corrected chi connectivity index (χ2v) is 5.78. The summed E-state index contributed by atoms with van der Waals surface area (Å²) < 4.78 is 0. The van der Waals surface area contributed by atoms with E-state index in [9.17, 15) is 4.79 Å². The van der Waals surface area contributed by atoms with Gasteiger partial charge < -0.3 is 10.6 Å². The van der Waals surface area contributed by atoms with Crippen LogP contribution in [0.2, 0.25) is 0 Å². The van der Waals surface area contributed by atoms with Crippen LogP contribution >= 0.6 is 11.8 Å². The van der Waals surface area contributed by atoms with Crippen molar-refractivity contribution in [2.75, 3.05) is 11.6 Å². The van der Waals surface area contributed by atoms with Gasteiger partial charge in [0.25, 0.3) is 5.91 Å². The number of rotatable bonds is 2. The molecule has 2 aromatic rings. The molecule has 6 heteroatoms. The van der Waals surface area contributed by atoms with E-state index < -0.39 is 6.17 Å². The Morgan fingerprint density at radius 1 is 1.17 bits per heavy atom. The number of carbonyl (C=O) groups excluding carboxylic acids is 1. The molecule has 1 heterocycles. The van der Waals surface area contributed by atoms with Crippen molar-refractivity contribution >= 4 is 34.2 Å². The lowest BCUT2D eigenvalue weighted by Gasteiger charge is -2.13. The van der Waals surface area contributed by atoms with Gasteiger partial charge in [-0.3, -0.25) is 10.2 Å². The van der Waals surface area contributed by atoms with Gasteiger partial charge in [0.2, 0.25) is 6.17 Å². The van der Waals surface area contributed by atoms with Crippen molar-refractivity contribution in [3.63, 3.8) is 0 Å². The Morgan fingerprint density at radius 3 is 2.61 bits per heavy atom. The minimum atomic E-state index is -0.836. The molecule has 3 N–H and O–H groups in total. The zero-order chi connectivity index (χ0) is 16.2. The quantitative estimate of drug-likeness (QED) is 0.587. The molecule has 116 valence electrons. The number of anilines is 1. The maximum absolute atomic E-state index is 12.4. The zero-order valence-electron chi connectivity index (χ0n) is 12.5. The summed E-state index contributed by atoms with van der Waals surface area (Å²) in [5.74, 6) is -0.276. The van der Waals surface area contributed by atoms with Crippen molar-refractivity contribution in [2.45, 2.75) is 6.17 Å². The molecule has 5 nitrogen and oxygen atoms in total. The summed E-state index contributed by atoms with van der Waals surface area (Å²) in [6, 6.07) is 17.3. The van der Waals surface area contributed by atoms with Crippen molar-refractivity contribution in [3.05, 3.63) is 65.7 Å². The maximum Gasteiger partial charge on any atom is 0.269 e. The number of nitrogens with one attached hydrogen (secondary N) is 3. The summed E-state index contributed by atoms with van der Waals surface area (Å²) in [5.41, 5.74) is 3.25. The number of thioether (sulfide) groups is 1. The first kappa shape index (κ1) is 15.3. The third-order valence-corrected chi connectivity index (χ3v) is 3.99. The molecular weight excluding hydrogens is 308 g/mol. The standard InChI is InChI=1S/C17H16N4OS/c1-23-17(18)21-15-16(22)19-13-10-6-5-9-12(13)14(20-15)11-7-3-2-4-8-11/h2-10,15H,1H3,(H2,18,21)(H,19,22). The van der Waals surface area contributed by atoms with Crippen LogP contribution in [0, 0.1) is 5.41 Å². The van der Waals surface area contributed by atoms with Crippen molar-refractivity contribution in [1.29, 1.82) is 5.41 Å². The molecule has 3 rings (SSSR count). The summed E-state index contributed by atoms with van der Waals surface area (Å²) in [5, 5.41) is 13.7. The number of aliphatic imine (C=N–C) groups is 1. The molecule has 0 aromatic heterocycles. The van der Waals surface area contributed by atoms with E-state index in [1.165, 1.54) is 11.8 Å². The number of para-hydroxylation sites is 1. The topological polar surface area (TPSA) is 77.3 Å². The molecule has 2 aromatic carbocycles. The minimum absolute atomic E-state index is 0.201. The highest BCUT2D eigenvalue weighted by Crippen LogP contribution is 2.23. The number of nitrogens with zero attached hydrogens (tertiary/aromatic N) is 1. The summed E-state index contributed by atoms with van der Waals surface area (Å²) in [6.45, 7) is 0. The number of fused-ring (bicyclic) bond motifs is 1. The first-order valence-electron chi connectivity index (χ1n) is 7.11. The molecule has 0 saturated carbocycles. The van der Waals surface area contributed by atoms with Crippen molar-refractivity contribution in [1.82, 2.24) is 5.32 Å². The van der Waals surface area contributed by atoms with E-state index in [-0.39, 0.29) is 11.1 Å². The van der Waals surface area contributed by atoms with Crippen LogP contribution in [0.4, 0.5) is 5.69 Å². The van der Waals surface area contributed by atoms with Crippen LogP contribution < -0.4 is 10.6 Å². The average molecular weight is 324 g/mol. The van der Waals surface area contributed by atoms with Gasteiger partial charge in [-0.15, -0.1) is 0 Å². The Hall–Kier alpha value is -2.60. The molecule has 0 fully saturated rings. The molecule has 1 atom stereocenters. The van der Waals surface area contributed by atoms with Crippen molar-refractivity contribution < 1.29 is 4.79 Å². The fraction of sp³-hybridized carbons (Fsp3) is 0.118. The number of benzodiazepines with no additional fused rings is 1. The smallest absolute Gasteiger partial charge is 0.269 e. The molecule has 1 amide bonds. The lowest BCUT2D eigenvalue weighted by Crippen LogP contribution is -2.40. The second kappa shape index (κ2) is 6.66. The highest BCUT2D eigenvalue weighted by molar-refractivity contribution is 8.13. The Kier molecular flexibility index (Phi) is 4.43. The minimum Gasteiger partial charge on any atom is -0.336 e. The predicted molar refractivity (Wildman–Crippen MR) is 95.3 cm³/mol. The van der Waals surface area contributed by atoms with E-state index in [1.54, 1.807) is 6.26 Å². The molecule has 23 heavy (non-hydrogen) atoms. The summed E-state index contributed by atoms with van der Waals surface area (Å²) in [6.07, 6.45) is 0.943. The maximum atomic E-state index is 12.4. The summed E-state index contributed by atoms with van der Waals surface area (Å²) >= 11 is 1.23. The van der Waals surface area contributed by atoms with E-state index in [2.05, 4.69) is 15.6 Å². The van der Waals surface area contributed by atoms with Gasteiger partial charge in [-0.05, 0) is 12.3 Å². The van der Waals surface area contributed by atoms with Crippen LogP contribution in [0.25, 0.3) is 0 Å². The number of carbonyl (C=O) groups is 1. The Morgan fingerprint density at radius 2 is 1.87 bits per heavy atom. The van der Waals surface area contributed by atoms with Crippen LogP contribution in [-0.2, 0) is 4.79 Å². The highest BCUT2D eigenvalue weighted by Gasteiger charge is 2.25. The molecule has 1 aliphatic heterocycles. The molecule has 0 radical (unpaired) electrons. The number of amides is 1. The third-order valence-electron chi connectivity index (χ3n) is 3.47. The zero-order valence-corrected chi connectivity index (χ0v) is 13.4. The fourth-order valence-electron chi connectivity index (χ4n) is 2.36. The highest BCUT2D eigenvalue weighted by atomic mass is 32.2. The molecule has 0 bridgehead atoms. The Balaban J connectivity index is 2.11. The van der Waals surface area contributed by atoms with Gasteiger partial charge in [-0.2, -0.15) is 0 Å². The molecule has 1 aliphatic rings. The first-order chi connectivity index (χ1) is 11.2. The van der Waals surface area contributed by atoms with Crippen LogP contribution in [0.5, 0.6) is 0 Å². The van der Waals surface area contributed by atoms with Crippen LogP contribution in [0.15, 0.2) is 59.6 Å². The number of hydrogen-bond acceptors (Lipinski definition) is 4. The largest absolute Gasteiger partial charge is 0.336 e. The molecule has 1 unspecified atom stereocenters. The lowest BCUT2D eigenvalue weighted by atomic mass is 10.0. The second-order valence-electron chi connectivity index (χ2n) is 4.96. The summed E-state index contributed by atoms with van der Waals surface area (Å²) in [4.78, 5) is 17.0. The lowest BCUT2D eigenvalue weighted by molar-refractivity contribution is -0.117. The predicted octanol–water partition coefficient (Wildman–Crippen LogP) is 2.69. The van der Waals surface area contributed by atoms with Gasteiger partial charge >= 0.3 is 0 Å². The van der Waals surface area contributed by atoms with Gasteiger partial charge in [0.1, 0.15) is 0 Å².